The Bertz CT molecular complexity index is 964. The molecule has 2 atom stereocenters. The van der Waals surface area contributed by atoms with Crippen LogP contribution in [0.15, 0.2) is 0 Å². The summed E-state index contributed by atoms with van der Waals surface area (Å²) in [6.45, 7) is 11.4. The lowest BCUT2D eigenvalue weighted by molar-refractivity contribution is -0.167. The fourth-order valence-electron chi connectivity index (χ4n) is 8.66. The minimum Gasteiger partial charge on any atom is -0.462 e. The minimum absolute atomic E-state index is 0.0640. The van der Waals surface area contributed by atoms with E-state index in [-0.39, 0.29) is 31.1 Å². The van der Waals surface area contributed by atoms with Gasteiger partial charge in [0.25, 0.3) is 0 Å². The SMILES string of the molecule is CCCCCCCC(=O)OC[C@@H](COC(=O)CCCCCCCCCCCCCCCCCC(C)C)OC(=O)CCCCCCCCCCCCCCCCCCCCC(C)CC. The van der Waals surface area contributed by atoms with Crippen LogP contribution in [-0.4, -0.2) is 37.2 Å². The molecule has 0 aromatic heterocycles. The van der Waals surface area contributed by atoms with E-state index in [1.807, 2.05) is 0 Å². The summed E-state index contributed by atoms with van der Waals surface area (Å²) in [5.74, 6) is 0.902. The van der Waals surface area contributed by atoms with E-state index in [0.717, 1.165) is 76.0 Å². The zero-order valence-corrected chi connectivity index (χ0v) is 43.2. The number of hydrogen-bond acceptors (Lipinski definition) is 6. The molecule has 1 unspecified atom stereocenters. The van der Waals surface area contributed by atoms with E-state index in [4.69, 9.17) is 14.2 Å². The van der Waals surface area contributed by atoms with E-state index < -0.39 is 6.10 Å². The van der Waals surface area contributed by atoms with Gasteiger partial charge in [-0.3, -0.25) is 14.4 Å². The number of unbranched alkanes of at least 4 members (excludes halogenated alkanes) is 35. The lowest BCUT2D eigenvalue weighted by Gasteiger charge is -2.18. The highest BCUT2D eigenvalue weighted by molar-refractivity contribution is 5.71. The van der Waals surface area contributed by atoms with E-state index in [2.05, 4.69) is 34.6 Å². The Morgan fingerprint density at radius 3 is 0.905 bits per heavy atom. The van der Waals surface area contributed by atoms with Crippen LogP contribution < -0.4 is 0 Å². The lowest BCUT2D eigenvalue weighted by atomic mass is 9.99. The van der Waals surface area contributed by atoms with Gasteiger partial charge in [0.05, 0.1) is 0 Å². The Balaban J connectivity index is 4.04. The molecule has 6 nitrogen and oxygen atoms in total. The second-order valence-corrected chi connectivity index (χ2v) is 20.3. The van der Waals surface area contributed by atoms with E-state index >= 15 is 0 Å². The van der Waals surface area contributed by atoms with E-state index in [1.165, 1.54) is 199 Å². The van der Waals surface area contributed by atoms with Gasteiger partial charge in [-0.2, -0.15) is 0 Å². The normalized spacial score (nSPS) is 12.5. The zero-order valence-electron chi connectivity index (χ0n) is 43.2. The average molecular weight is 892 g/mol. The molecule has 0 aromatic rings. The largest absolute Gasteiger partial charge is 0.462 e. The number of rotatable bonds is 51. The number of carbonyl (C=O) groups excluding carboxylic acids is 3. The quantitative estimate of drug-likeness (QED) is 0.0344. The van der Waals surface area contributed by atoms with Crippen LogP contribution in [0.5, 0.6) is 0 Å². The predicted molar refractivity (Wildman–Crippen MR) is 270 cm³/mol. The Morgan fingerprint density at radius 1 is 0.333 bits per heavy atom. The number of esters is 3. The topological polar surface area (TPSA) is 78.9 Å². The summed E-state index contributed by atoms with van der Waals surface area (Å²) in [7, 11) is 0. The lowest BCUT2D eigenvalue weighted by Crippen LogP contribution is -2.30. The predicted octanol–water partition coefficient (Wildman–Crippen LogP) is 18.5. The molecule has 0 aliphatic rings. The third kappa shape index (κ3) is 49.7. The Hall–Kier alpha value is -1.59. The van der Waals surface area contributed by atoms with Gasteiger partial charge in [0.15, 0.2) is 6.10 Å². The number of ether oxygens (including phenoxy) is 3. The first-order valence-corrected chi connectivity index (χ1v) is 28.3. The maximum Gasteiger partial charge on any atom is 0.306 e. The smallest absolute Gasteiger partial charge is 0.306 e. The van der Waals surface area contributed by atoms with Gasteiger partial charge in [0.2, 0.25) is 0 Å². The van der Waals surface area contributed by atoms with Crippen molar-refractivity contribution in [3.8, 4) is 0 Å². The van der Waals surface area contributed by atoms with Gasteiger partial charge in [-0.05, 0) is 31.1 Å². The molecule has 0 spiro atoms. The molecule has 63 heavy (non-hydrogen) atoms. The molecule has 0 radical (unpaired) electrons. The molecule has 374 valence electrons. The van der Waals surface area contributed by atoms with Crippen molar-refractivity contribution in [1.82, 2.24) is 0 Å². The summed E-state index contributed by atoms with van der Waals surface area (Å²) in [5.41, 5.74) is 0. The number of hydrogen-bond donors (Lipinski definition) is 0. The van der Waals surface area contributed by atoms with Crippen LogP contribution in [0, 0.1) is 11.8 Å². The molecule has 0 aromatic carbocycles. The summed E-state index contributed by atoms with van der Waals surface area (Å²) in [6, 6.07) is 0. The second kappa shape index (κ2) is 49.8. The number of carbonyl (C=O) groups is 3. The molecule has 0 heterocycles. The fourth-order valence-corrected chi connectivity index (χ4v) is 8.66. The van der Waals surface area contributed by atoms with E-state index in [1.54, 1.807) is 0 Å². The van der Waals surface area contributed by atoms with Crippen LogP contribution in [0.25, 0.3) is 0 Å². The standard InChI is InChI=1S/C57H110O6/c1-6-8-9-35-42-47-55(58)61-50-54(51-62-56(59)48-43-38-33-29-25-21-18-14-15-19-23-27-31-36-40-45-52(3)4)63-57(60)49-44-39-34-30-26-22-17-13-11-10-12-16-20-24-28-32-37-41-46-53(5)7-2/h52-54H,6-51H2,1-5H3/t53?,54-/m0/s1. The van der Waals surface area contributed by atoms with Gasteiger partial charge in [-0.25, -0.2) is 0 Å². The van der Waals surface area contributed by atoms with Crippen LogP contribution >= 0.6 is 0 Å². The fraction of sp³-hybridized carbons (Fsp3) is 0.947. The van der Waals surface area contributed by atoms with Crippen LogP contribution in [0.3, 0.4) is 0 Å². The van der Waals surface area contributed by atoms with Crippen molar-refractivity contribution < 1.29 is 28.6 Å². The van der Waals surface area contributed by atoms with Crippen LogP contribution in [0.2, 0.25) is 0 Å². The highest BCUT2D eigenvalue weighted by Gasteiger charge is 2.19. The Labute approximate surface area is 393 Å². The van der Waals surface area contributed by atoms with E-state index in [9.17, 15) is 14.4 Å². The molecular formula is C57H110O6. The van der Waals surface area contributed by atoms with Crippen molar-refractivity contribution in [3.05, 3.63) is 0 Å². The van der Waals surface area contributed by atoms with Crippen molar-refractivity contribution in [1.29, 1.82) is 0 Å². The van der Waals surface area contributed by atoms with Crippen molar-refractivity contribution >= 4 is 17.9 Å². The van der Waals surface area contributed by atoms with Gasteiger partial charge in [-0.15, -0.1) is 0 Å². The van der Waals surface area contributed by atoms with Gasteiger partial charge >= 0.3 is 17.9 Å². The molecule has 0 saturated carbocycles. The first kappa shape index (κ1) is 61.4. The summed E-state index contributed by atoms with van der Waals surface area (Å²) < 4.78 is 16.7. The molecule has 0 bridgehead atoms. The minimum atomic E-state index is -0.760. The van der Waals surface area contributed by atoms with Gasteiger partial charge in [-0.1, -0.05) is 279 Å². The summed E-state index contributed by atoms with van der Waals surface area (Å²) in [6.07, 6.45) is 52.7. The average Bonchev–Trinajstić information content (AvgIpc) is 3.27. The van der Waals surface area contributed by atoms with Crippen LogP contribution in [-0.2, 0) is 28.6 Å². The molecular weight excluding hydrogens is 781 g/mol. The third-order valence-electron chi connectivity index (χ3n) is 13.3. The summed E-state index contributed by atoms with van der Waals surface area (Å²) in [4.78, 5) is 37.8. The molecule has 0 saturated heterocycles. The molecule has 0 amide bonds. The first-order chi connectivity index (χ1) is 30.8. The second-order valence-electron chi connectivity index (χ2n) is 20.3. The highest BCUT2D eigenvalue weighted by Crippen LogP contribution is 2.19. The zero-order chi connectivity index (χ0) is 46.1. The van der Waals surface area contributed by atoms with Crippen molar-refractivity contribution in [2.75, 3.05) is 13.2 Å². The van der Waals surface area contributed by atoms with E-state index in [0.29, 0.717) is 19.3 Å². The van der Waals surface area contributed by atoms with Gasteiger partial charge in [0, 0.05) is 19.3 Å². The molecule has 0 aliphatic heterocycles. The maximum absolute atomic E-state index is 12.8. The van der Waals surface area contributed by atoms with Crippen molar-refractivity contribution in [2.45, 2.75) is 323 Å². The molecule has 0 fully saturated rings. The molecule has 0 rings (SSSR count). The Kier molecular flexibility index (Phi) is 48.6. The van der Waals surface area contributed by atoms with Gasteiger partial charge in [0.1, 0.15) is 13.2 Å². The maximum atomic E-state index is 12.8. The van der Waals surface area contributed by atoms with Crippen molar-refractivity contribution in [3.63, 3.8) is 0 Å². The third-order valence-corrected chi connectivity index (χ3v) is 13.3. The first-order valence-electron chi connectivity index (χ1n) is 28.3. The van der Waals surface area contributed by atoms with Crippen LogP contribution in [0.4, 0.5) is 0 Å². The van der Waals surface area contributed by atoms with Gasteiger partial charge < -0.3 is 14.2 Å². The van der Waals surface area contributed by atoms with Crippen molar-refractivity contribution in [2.24, 2.45) is 11.8 Å². The monoisotopic (exact) mass is 891 g/mol. The summed E-state index contributed by atoms with van der Waals surface area (Å²) >= 11 is 0. The molecule has 0 N–H and O–H groups in total. The summed E-state index contributed by atoms with van der Waals surface area (Å²) in [5, 5.41) is 0. The Morgan fingerprint density at radius 2 is 0.603 bits per heavy atom. The molecule has 6 heteroatoms. The van der Waals surface area contributed by atoms with Crippen LogP contribution in [0.1, 0.15) is 317 Å². The highest BCUT2D eigenvalue weighted by atomic mass is 16.6. The molecule has 0 aliphatic carbocycles.